The molecule has 0 aromatic carbocycles. The van der Waals surface area contributed by atoms with Crippen molar-refractivity contribution in [1.29, 1.82) is 0 Å². The minimum atomic E-state index is -2.27. The number of hydrogen-bond donors (Lipinski definition) is 5. The normalized spacial score (nSPS) is 12.8. The van der Waals surface area contributed by atoms with Gasteiger partial charge >= 0.3 is 11.9 Å². The first-order chi connectivity index (χ1) is 11.9. The number of aliphatic hydroxyl groups is 3. The van der Waals surface area contributed by atoms with Crippen LogP contribution in [0.25, 0.3) is 0 Å². The molecule has 0 aliphatic rings. The molecule has 5 N–H and O–H groups in total. The van der Waals surface area contributed by atoms with Crippen molar-refractivity contribution in [3.8, 4) is 0 Å². The summed E-state index contributed by atoms with van der Waals surface area (Å²) < 4.78 is 0. The van der Waals surface area contributed by atoms with Crippen molar-refractivity contribution in [2.24, 2.45) is 0 Å². The first kappa shape index (κ1) is 26.1. The van der Waals surface area contributed by atoms with Gasteiger partial charge in [-0.05, 0) is 6.42 Å². The third-order valence-corrected chi connectivity index (χ3v) is 3.82. The summed E-state index contributed by atoms with van der Waals surface area (Å²) in [6, 6.07) is 0. The molecule has 0 aliphatic carbocycles. The third-order valence-electron chi connectivity index (χ3n) is 3.82. The van der Waals surface area contributed by atoms with Gasteiger partial charge in [0.05, 0.1) is 0 Å². The van der Waals surface area contributed by atoms with Crippen molar-refractivity contribution < 1.29 is 35.1 Å². The molecular weight excluding hydrogens is 328 g/mol. The van der Waals surface area contributed by atoms with Crippen LogP contribution in [0.2, 0.25) is 0 Å². The minimum Gasteiger partial charge on any atom is -0.479 e. The van der Waals surface area contributed by atoms with Crippen LogP contribution in [0.1, 0.15) is 84.0 Å². The Bertz CT molecular complexity index is 291. The van der Waals surface area contributed by atoms with E-state index in [9.17, 15) is 9.59 Å². The number of carboxylic acid groups (broad SMARTS) is 2. The molecule has 2 unspecified atom stereocenters. The SMILES string of the molecule is CCCCCCCCCCCCCCO.O=C(O)C(O)C(O)C(=O)O. The van der Waals surface area contributed by atoms with Gasteiger partial charge in [0.15, 0.2) is 12.2 Å². The highest BCUT2D eigenvalue weighted by atomic mass is 16.4. The Hall–Kier alpha value is -1.18. The first-order valence-electron chi connectivity index (χ1n) is 9.31. The van der Waals surface area contributed by atoms with Gasteiger partial charge in [0.2, 0.25) is 0 Å². The summed E-state index contributed by atoms with van der Waals surface area (Å²) in [6.45, 7) is 2.64. The van der Waals surface area contributed by atoms with Crippen LogP contribution in [0.5, 0.6) is 0 Å². The molecule has 7 nitrogen and oxygen atoms in total. The van der Waals surface area contributed by atoms with Gasteiger partial charge in [-0.1, -0.05) is 77.6 Å². The molecule has 0 saturated heterocycles. The van der Waals surface area contributed by atoms with Gasteiger partial charge < -0.3 is 25.5 Å². The lowest BCUT2D eigenvalue weighted by Gasteiger charge is -2.07. The van der Waals surface area contributed by atoms with E-state index in [1.54, 1.807) is 0 Å². The van der Waals surface area contributed by atoms with Crippen LogP contribution in [-0.2, 0) is 9.59 Å². The van der Waals surface area contributed by atoms with Gasteiger partial charge in [-0.15, -0.1) is 0 Å². The molecule has 0 bridgehead atoms. The Morgan fingerprint density at radius 2 is 0.920 bits per heavy atom. The summed E-state index contributed by atoms with van der Waals surface area (Å²) in [7, 11) is 0. The summed E-state index contributed by atoms with van der Waals surface area (Å²) in [5, 5.41) is 41.1. The minimum absolute atomic E-state index is 0.372. The maximum atomic E-state index is 9.77. The van der Waals surface area contributed by atoms with Crippen molar-refractivity contribution >= 4 is 11.9 Å². The van der Waals surface area contributed by atoms with Gasteiger partial charge in [0.1, 0.15) is 0 Å². The highest BCUT2D eigenvalue weighted by Gasteiger charge is 2.29. The van der Waals surface area contributed by atoms with Crippen LogP contribution >= 0.6 is 0 Å². The lowest BCUT2D eigenvalue weighted by molar-refractivity contribution is -0.165. The van der Waals surface area contributed by atoms with Crippen LogP contribution in [0.15, 0.2) is 0 Å². The zero-order valence-electron chi connectivity index (χ0n) is 15.4. The number of unbranched alkanes of at least 4 members (excludes halogenated alkanes) is 11. The molecule has 0 fully saturated rings. The maximum Gasteiger partial charge on any atom is 0.335 e. The molecular formula is C18H36O7. The second-order valence-electron chi connectivity index (χ2n) is 6.18. The van der Waals surface area contributed by atoms with E-state index in [1.807, 2.05) is 0 Å². The average Bonchev–Trinajstić information content (AvgIpc) is 2.58. The quantitative estimate of drug-likeness (QED) is 0.282. The molecule has 2 atom stereocenters. The molecule has 0 spiro atoms. The molecule has 0 amide bonds. The third kappa shape index (κ3) is 19.0. The fourth-order valence-electron chi connectivity index (χ4n) is 2.22. The first-order valence-corrected chi connectivity index (χ1v) is 9.31. The van der Waals surface area contributed by atoms with E-state index in [-0.39, 0.29) is 0 Å². The van der Waals surface area contributed by atoms with Gasteiger partial charge in [0.25, 0.3) is 0 Å². The van der Waals surface area contributed by atoms with Crippen LogP contribution in [-0.4, -0.2) is 56.3 Å². The van der Waals surface area contributed by atoms with E-state index in [0.717, 1.165) is 6.42 Å². The molecule has 25 heavy (non-hydrogen) atoms. The predicted molar refractivity (Wildman–Crippen MR) is 95.4 cm³/mol. The van der Waals surface area contributed by atoms with E-state index in [0.29, 0.717) is 6.61 Å². The van der Waals surface area contributed by atoms with Gasteiger partial charge in [0, 0.05) is 6.61 Å². The van der Waals surface area contributed by atoms with Gasteiger partial charge in [-0.3, -0.25) is 0 Å². The van der Waals surface area contributed by atoms with Crippen molar-refractivity contribution in [3.63, 3.8) is 0 Å². The highest BCUT2D eigenvalue weighted by Crippen LogP contribution is 2.11. The zero-order chi connectivity index (χ0) is 19.5. The topological polar surface area (TPSA) is 135 Å². The summed E-state index contributed by atoms with van der Waals surface area (Å²) >= 11 is 0. The molecule has 0 rings (SSSR count). The smallest absolute Gasteiger partial charge is 0.335 e. The summed E-state index contributed by atoms with van der Waals surface area (Å²) in [6.07, 6.45) is 11.7. The van der Waals surface area contributed by atoms with E-state index in [4.69, 9.17) is 25.5 Å². The Balaban J connectivity index is 0. The van der Waals surface area contributed by atoms with Gasteiger partial charge in [-0.2, -0.15) is 0 Å². The van der Waals surface area contributed by atoms with Crippen molar-refractivity contribution in [1.82, 2.24) is 0 Å². The Kier molecular flexibility index (Phi) is 20.0. The molecule has 0 aromatic rings. The van der Waals surface area contributed by atoms with Crippen LogP contribution in [0.4, 0.5) is 0 Å². The summed E-state index contributed by atoms with van der Waals surface area (Å²) in [5.74, 6) is -3.54. The fourth-order valence-corrected chi connectivity index (χ4v) is 2.22. The Labute approximate surface area is 150 Å². The predicted octanol–water partition coefficient (Wildman–Crippen LogP) is 2.56. The van der Waals surface area contributed by atoms with E-state index < -0.39 is 24.1 Å². The summed E-state index contributed by atoms with van der Waals surface area (Å²) in [5.41, 5.74) is 0. The number of aliphatic hydroxyl groups excluding tert-OH is 3. The van der Waals surface area contributed by atoms with Crippen molar-refractivity contribution in [2.75, 3.05) is 6.61 Å². The van der Waals surface area contributed by atoms with Crippen LogP contribution in [0, 0.1) is 0 Å². The van der Waals surface area contributed by atoms with E-state index in [2.05, 4.69) is 6.92 Å². The van der Waals surface area contributed by atoms with E-state index in [1.165, 1.54) is 70.6 Å². The number of carbonyl (C=O) groups is 2. The second-order valence-corrected chi connectivity index (χ2v) is 6.18. The van der Waals surface area contributed by atoms with Crippen molar-refractivity contribution in [2.45, 2.75) is 96.2 Å². The van der Waals surface area contributed by atoms with Crippen LogP contribution in [0.3, 0.4) is 0 Å². The van der Waals surface area contributed by atoms with Crippen molar-refractivity contribution in [3.05, 3.63) is 0 Å². The molecule has 0 aliphatic heterocycles. The monoisotopic (exact) mass is 364 g/mol. The average molecular weight is 364 g/mol. The molecule has 7 heteroatoms. The fraction of sp³-hybridized carbons (Fsp3) is 0.889. The van der Waals surface area contributed by atoms with E-state index >= 15 is 0 Å². The lowest BCUT2D eigenvalue weighted by atomic mass is 10.1. The zero-order valence-corrected chi connectivity index (χ0v) is 15.4. The number of carboxylic acids is 2. The standard InChI is InChI=1S/C14H30O.C4H6O6/c1-2-3-4-5-6-7-8-9-10-11-12-13-14-15;5-1(3(7)8)2(6)4(9)10/h15H,2-14H2,1H3;1-2,5-6H,(H,7,8)(H,9,10). The molecule has 150 valence electrons. The molecule has 0 radical (unpaired) electrons. The van der Waals surface area contributed by atoms with Gasteiger partial charge in [-0.25, -0.2) is 9.59 Å². The number of hydrogen-bond acceptors (Lipinski definition) is 5. The maximum absolute atomic E-state index is 9.77. The summed E-state index contributed by atoms with van der Waals surface area (Å²) in [4.78, 5) is 19.5. The molecule has 0 aromatic heterocycles. The Morgan fingerprint density at radius 3 is 1.16 bits per heavy atom. The molecule has 0 saturated carbocycles. The number of rotatable bonds is 15. The molecule has 0 heterocycles. The van der Waals surface area contributed by atoms with Crippen LogP contribution < -0.4 is 0 Å². The lowest BCUT2D eigenvalue weighted by Crippen LogP contribution is -2.39. The Morgan fingerprint density at radius 1 is 0.640 bits per heavy atom. The second kappa shape index (κ2) is 19.1. The number of aliphatic carboxylic acids is 2. The largest absolute Gasteiger partial charge is 0.479 e. The highest BCUT2D eigenvalue weighted by molar-refractivity contribution is 5.83.